The van der Waals surface area contributed by atoms with Crippen molar-refractivity contribution in [3.8, 4) is 17.8 Å². The molecule has 5 heteroatoms. The highest BCUT2D eigenvalue weighted by Crippen LogP contribution is 2.06. The minimum atomic E-state index is -2.36. The molecule has 82 valence electrons. The quantitative estimate of drug-likeness (QED) is 0.577. The van der Waals surface area contributed by atoms with Crippen molar-refractivity contribution in [1.82, 2.24) is 0 Å². The topological polar surface area (TPSA) is 75.4 Å². The summed E-state index contributed by atoms with van der Waals surface area (Å²) in [6.45, 7) is 1.99. The minimum Gasteiger partial charge on any atom is -0.760 e. The van der Waals surface area contributed by atoms with Crippen molar-refractivity contribution < 1.29 is 13.5 Å². The highest BCUT2D eigenvalue weighted by Gasteiger charge is 1.84. The summed E-state index contributed by atoms with van der Waals surface area (Å²) >= 11 is -2.36. The van der Waals surface area contributed by atoms with Gasteiger partial charge in [0.2, 0.25) is 0 Å². The molecule has 1 unspecified atom stereocenters. The number of nitrogens with two attached hydrogens (primary N) is 1. The fourth-order valence-electron chi connectivity index (χ4n) is 0.656. The van der Waals surface area contributed by atoms with Crippen molar-refractivity contribution in [2.75, 3.05) is 0 Å². The summed E-state index contributed by atoms with van der Waals surface area (Å²) in [7, 11) is 0. The first kappa shape index (κ1) is 13.7. The lowest BCUT2D eigenvalue weighted by Crippen LogP contribution is -1.97. The van der Waals surface area contributed by atoms with Crippen molar-refractivity contribution >= 4 is 11.3 Å². The van der Waals surface area contributed by atoms with E-state index in [0.717, 1.165) is 12.2 Å². The van der Waals surface area contributed by atoms with Gasteiger partial charge in [0.1, 0.15) is 11.9 Å². The maximum absolute atomic E-state index is 8.78. The van der Waals surface area contributed by atoms with Crippen LogP contribution in [0.25, 0.3) is 0 Å². The van der Waals surface area contributed by atoms with Gasteiger partial charge in [-0.2, -0.15) is 0 Å². The molecule has 0 aromatic heterocycles. The molecule has 0 spiro atoms. The van der Waals surface area contributed by atoms with Crippen molar-refractivity contribution in [1.29, 1.82) is 0 Å². The van der Waals surface area contributed by atoms with Gasteiger partial charge in [-0.05, 0) is 12.1 Å². The Morgan fingerprint density at radius 2 is 2.00 bits per heavy atom. The molecule has 0 aliphatic heterocycles. The van der Waals surface area contributed by atoms with Crippen LogP contribution in [0.5, 0.6) is 5.75 Å². The van der Waals surface area contributed by atoms with Crippen LogP contribution in [0.2, 0.25) is 0 Å². The lowest BCUT2D eigenvalue weighted by Gasteiger charge is -1.92. The molecule has 1 atom stereocenters. The van der Waals surface area contributed by atoms with E-state index >= 15 is 0 Å². The van der Waals surface area contributed by atoms with E-state index in [1.807, 2.05) is 37.3 Å². The second-order valence-electron chi connectivity index (χ2n) is 2.31. The van der Waals surface area contributed by atoms with Crippen molar-refractivity contribution in [3.05, 3.63) is 30.3 Å². The molecule has 0 bridgehead atoms. The van der Waals surface area contributed by atoms with Crippen molar-refractivity contribution in [3.63, 3.8) is 0 Å². The summed E-state index contributed by atoms with van der Waals surface area (Å²) in [6.07, 6.45) is 3.43. The molecular formula is C10H12NO3S-. The largest absolute Gasteiger partial charge is 0.760 e. The summed E-state index contributed by atoms with van der Waals surface area (Å²) in [5, 5.41) is 4.03. The van der Waals surface area contributed by atoms with Gasteiger partial charge in [0.25, 0.3) is 0 Å². The van der Waals surface area contributed by atoms with E-state index < -0.39 is 11.3 Å². The first-order valence-corrected chi connectivity index (χ1v) is 5.34. The van der Waals surface area contributed by atoms with E-state index in [2.05, 4.69) is 17.2 Å². The first-order chi connectivity index (χ1) is 7.16. The molecular weight excluding hydrogens is 214 g/mol. The van der Waals surface area contributed by atoms with Crippen LogP contribution < -0.4 is 9.88 Å². The first-order valence-electron chi connectivity index (χ1n) is 4.20. The summed E-state index contributed by atoms with van der Waals surface area (Å²) in [5.41, 5.74) is 0. The Balaban J connectivity index is 0.000000423. The van der Waals surface area contributed by atoms with Gasteiger partial charge in [0.05, 0.1) is 0 Å². The van der Waals surface area contributed by atoms with Gasteiger partial charge in [-0.25, -0.2) is 0 Å². The third kappa shape index (κ3) is 10.6. The smallest absolute Gasteiger partial charge is 0.140 e. The number of rotatable bonds is 1. The van der Waals surface area contributed by atoms with Gasteiger partial charge < -0.3 is 9.29 Å². The second-order valence-corrected chi connectivity index (χ2v) is 2.83. The Bertz CT molecular complexity index is 339. The van der Waals surface area contributed by atoms with Crippen LogP contribution in [0, 0.1) is 12.0 Å². The van der Waals surface area contributed by atoms with E-state index in [4.69, 9.17) is 13.5 Å². The standard InChI is InChI=1S/C10H10O.H3NO2S/c1-2-3-9-11-10-7-5-4-6-8-10;1-4(2)3/h4-8H,2H2,1H3;1H2,(H,2,3)/p-1. The Morgan fingerprint density at radius 1 is 1.47 bits per heavy atom. The molecule has 0 amide bonds. The van der Waals surface area contributed by atoms with E-state index in [0.29, 0.717) is 0 Å². The predicted molar refractivity (Wildman–Crippen MR) is 58.2 cm³/mol. The predicted octanol–water partition coefficient (Wildman–Crippen LogP) is 1.18. The molecule has 0 aliphatic rings. The number of hydrogen-bond donors (Lipinski definition) is 1. The highest BCUT2D eigenvalue weighted by molar-refractivity contribution is 7.76. The summed E-state index contributed by atoms with van der Waals surface area (Å²) in [5.74, 6) is 3.62. The fraction of sp³-hybridized carbons (Fsp3) is 0.200. The van der Waals surface area contributed by atoms with Crippen LogP contribution in [0.15, 0.2) is 30.3 Å². The molecule has 0 saturated heterocycles. The maximum Gasteiger partial charge on any atom is 0.140 e. The van der Waals surface area contributed by atoms with Gasteiger partial charge in [-0.1, -0.05) is 31.0 Å². The third-order valence-electron chi connectivity index (χ3n) is 1.16. The molecule has 0 aliphatic carbocycles. The molecule has 0 radical (unpaired) electrons. The maximum atomic E-state index is 8.78. The SMILES string of the molecule is CCC#COc1ccccc1.NS(=O)[O-]. The zero-order valence-electron chi connectivity index (χ0n) is 8.30. The number of hydrogen-bond acceptors (Lipinski definition) is 3. The molecule has 2 N–H and O–H groups in total. The monoisotopic (exact) mass is 226 g/mol. The Hall–Kier alpha value is -1.35. The molecule has 15 heavy (non-hydrogen) atoms. The van der Waals surface area contributed by atoms with E-state index in [1.54, 1.807) is 0 Å². The van der Waals surface area contributed by atoms with Crippen LogP contribution in [0.4, 0.5) is 0 Å². The van der Waals surface area contributed by atoms with Crippen molar-refractivity contribution in [2.45, 2.75) is 13.3 Å². The molecule has 4 nitrogen and oxygen atoms in total. The Morgan fingerprint density at radius 3 is 2.47 bits per heavy atom. The van der Waals surface area contributed by atoms with Gasteiger partial charge in [-0.3, -0.25) is 9.35 Å². The molecule has 1 rings (SSSR count). The highest BCUT2D eigenvalue weighted by atomic mass is 32.2. The van der Waals surface area contributed by atoms with Gasteiger partial charge in [-0.15, -0.1) is 0 Å². The van der Waals surface area contributed by atoms with Gasteiger partial charge >= 0.3 is 0 Å². The lowest BCUT2D eigenvalue weighted by molar-refractivity contribution is 0.519. The third-order valence-corrected chi connectivity index (χ3v) is 1.16. The zero-order chi connectivity index (χ0) is 11.5. The summed E-state index contributed by atoms with van der Waals surface area (Å²) < 4.78 is 22.6. The molecule has 1 aromatic carbocycles. The summed E-state index contributed by atoms with van der Waals surface area (Å²) in [4.78, 5) is 0. The second kappa shape index (κ2) is 9.21. The fourth-order valence-corrected chi connectivity index (χ4v) is 0.656. The summed E-state index contributed by atoms with van der Waals surface area (Å²) in [6, 6.07) is 9.54. The van der Waals surface area contributed by atoms with Crippen LogP contribution in [-0.4, -0.2) is 8.76 Å². The van der Waals surface area contributed by atoms with Crippen molar-refractivity contribution in [2.24, 2.45) is 5.14 Å². The van der Waals surface area contributed by atoms with Crippen LogP contribution in [0.3, 0.4) is 0 Å². The van der Waals surface area contributed by atoms with E-state index in [9.17, 15) is 0 Å². The normalized spacial score (nSPS) is 10.1. The zero-order valence-corrected chi connectivity index (χ0v) is 9.12. The van der Waals surface area contributed by atoms with Gasteiger partial charge in [0.15, 0.2) is 0 Å². The van der Waals surface area contributed by atoms with E-state index in [1.165, 1.54) is 0 Å². The Labute approximate surface area is 91.9 Å². The van der Waals surface area contributed by atoms with Crippen LogP contribution >= 0.6 is 0 Å². The average molecular weight is 226 g/mol. The van der Waals surface area contributed by atoms with Crippen LogP contribution in [-0.2, 0) is 11.3 Å². The number of para-hydroxylation sites is 1. The van der Waals surface area contributed by atoms with Gasteiger partial charge in [0, 0.05) is 17.7 Å². The molecule has 1 aromatic rings. The average Bonchev–Trinajstić information content (AvgIpc) is 2.19. The molecule has 0 heterocycles. The minimum absolute atomic E-state index is 0.799. The number of ether oxygens (including phenoxy) is 1. The van der Waals surface area contributed by atoms with E-state index in [-0.39, 0.29) is 0 Å². The number of benzene rings is 1. The Kier molecular flexibility index (Phi) is 8.39. The molecule has 0 saturated carbocycles. The lowest BCUT2D eigenvalue weighted by atomic mass is 10.3. The van der Waals surface area contributed by atoms with Crippen LogP contribution in [0.1, 0.15) is 13.3 Å². The molecule has 0 fully saturated rings.